The number of hydrogen-bond donors (Lipinski definition) is 0. The molecule has 1 amide bonds. The minimum absolute atomic E-state index is 0.211. The molecule has 1 aromatic heterocycles. The van der Waals surface area contributed by atoms with E-state index < -0.39 is 0 Å². The van der Waals surface area contributed by atoms with Gasteiger partial charge in [0, 0.05) is 18.4 Å². The molecule has 4 nitrogen and oxygen atoms in total. The van der Waals surface area contributed by atoms with E-state index in [0.717, 1.165) is 18.5 Å². The Bertz CT molecular complexity index is 403. The molecule has 0 unspecified atom stereocenters. The number of aromatic nitrogens is 1. The summed E-state index contributed by atoms with van der Waals surface area (Å²) in [6.45, 7) is 3.03. The molecule has 16 heavy (non-hydrogen) atoms. The summed E-state index contributed by atoms with van der Waals surface area (Å²) in [5.41, 5.74) is 1.19. The summed E-state index contributed by atoms with van der Waals surface area (Å²) in [5, 5.41) is 1.79. The van der Waals surface area contributed by atoms with Crippen LogP contribution in [0.15, 0.2) is 12.3 Å². The Labute approximate surface area is 99.1 Å². The molecule has 2 rings (SSSR count). The average Bonchev–Trinajstić information content (AvgIpc) is 2.29. The zero-order valence-corrected chi connectivity index (χ0v) is 9.83. The van der Waals surface area contributed by atoms with Crippen LogP contribution in [0.25, 0.3) is 0 Å². The zero-order valence-electron chi connectivity index (χ0n) is 9.07. The standard InChI is InChI=1S/C11H13ClN2O2/c1-8-6-10(12)9(7-13-8)11(15)14-4-2-3-5-16-14/h6-7H,2-5H2,1H3. The van der Waals surface area contributed by atoms with Gasteiger partial charge >= 0.3 is 0 Å². The molecule has 0 atom stereocenters. The third-order valence-corrected chi connectivity index (χ3v) is 2.76. The Morgan fingerprint density at radius 2 is 2.38 bits per heavy atom. The molecule has 1 aliphatic heterocycles. The van der Waals surface area contributed by atoms with E-state index >= 15 is 0 Å². The molecule has 1 aromatic rings. The topological polar surface area (TPSA) is 42.4 Å². The fourth-order valence-corrected chi connectivity index (χ4v) is 1.86. The second-order valence-electron chi connectivity index (χ2n) is 3.75. The van der Waals surface area contributed by atoms with Gasteiger partial charge in [0.25, 0.3) is 5.91 Å². The Kier molecular flexibility index (Phi) is 3.41. The second kappa shape index (κ2) is 4.80. The van der Waals surface area contributed by atoms with Gasteiger partial charge in [-0.3, -0.25) is 14.6 Å². The number of carbonyl (C=O) groups excluding carboxylic acids is 1. The van der Waals surface area contributed by atoms with Crippen molar-refractivity contribution in [3.8, 4) is 0 Å². The fraction of sp³-hybridized carbons (Fsp3) is 0.455. The van der Waals surface area contributed by atoms with Gasteiger partial charge in [0.2, 0.25) is 0 Å². The summed E-state index contributed by atoms with van der Waals surface area (Å²) in [4.78, 5) is 21.4. The van der Waals surface area contributed by atoms with E-state index in [-0.39, 0.29) is 5.91 Å². The smallest absolute Gasteiger partial charge is 0.271 e. The van der Waals surface area contributed by atoms with E-state index in [0.29, 0.717) is 23.7 Å². The van der Waals surface area contributed by atoms with Crippen LogP contribution in [-0.2, 0) is 4.84 Å². The normalized spacial score (nSPS) is 16.2. The first-order valence-electron chi connectivity index (χ1n) is 5.25. The predicted molar refractivity (Wildman–Crippen MR) is 60.2 cm³/mol. The van der Waals surface area contributed by atoms with Crippen molar-refractivity contribution in [2.75, 3.05) is 13.2 Å². The van der Waals surface area contributed by atoms with Gasteiger partial charge in [-0.25, -0.2) is 5.06 Å². The lowest BCUT2D eigenvalue weighted by Crippen LogP contribution is -2.35. The van der Waals surface area contributed by atoms with Gasteiger partial charge in [0.1, 0.15) is 0 Å². The number of pyridine rings is 1. The Hall–Kier alpha value is -1.13. The predicted octanol–water partition coefficient (Wildman–Crippen LogP) is 2.21. The minimum atomic E-state index is -0.211. The summed E-state index contributed by atoms with van der Waals surface area (Å²) >= 11 is 6.00. The lowest BCUT2D eigenvalue weighted by Gasteiger charge is -2.26. The van der Waals surface area contributed by atoms with E-state index in [1.807, 2.05) is 6.92 Å². The largest absolute Gasteiger partial charge is 0.280 e. The first-order chi connectivity index (χ1) is 7.68. The molecule has 2 heterocycles. The van der Waals surface area contributed by atoms with Crippen molar-refractivity contribution in [2.24, 2.45) is 0 Å². The van der Waals surface area contributed by atoms with Gasteiger partial charge in [-0.2, -0.15) is 0 Å². The van der Waals surface area contributed by atoms with Gasteiger partial charge in [-0.1, -0.05) is 11.6 Å². The molecule has 0 N–H and O–H groups in total. The molecule has 1 fully saturated rings. The number of hydrogen-bond acceptors (Lipinski definition) is 3. The number of aryl methyl sites for hydroxylation is 1. The van der Waals surface area contributed by atoms with Crippen LogP contribution in [0, 0.1) is 6.92 Å². The zero-order chi connectivity index (χ0) is 11.5. The third kappa shape index (κ3) is 2.33. The maximum absolute atomic E-state index is 12.0. The van der Waals surface area contributed by atoms with E-state index in [1.54, 1.807) is 6.07 Å². The van der Waals surface area contributed by atoms with Crippen LogP contribution >= 0.6 is 11.6 Å². The molecule has 1 aliphatic rings. The van der Waals surface area contributed by atoms with E-state index in [4.69, 9.17) is 16.4 Å². The van der Waals surface area contributed by atoms with Crippen LogP contribution in [0.1, 0.15) is 28.9 Å². The van der Waals surface area contributed by atoms with Gasteiger partial charge in [0.05, 0.1) is 17.2 Å². The van der Waals surface area contributed by atoms with Crippen molar-refractivity contribution < 1.29 is 9.63 Å². The molecule has 0 aliphatic carbocycles. The summed E-state index contributed by atoms with van der Waals surface area (Å²) in [6, 6.07) is 1.68. The van der Waals surface area contributed by atoms with Crippen molar-refractivity contribution in [1.82, 2.24) is 10.0 Å². The third-order valence-electron chi connectivity index (χ3n) is 2.45. The maximum Gasteiger partial charge on any atom is 0.280 e. The number of carbonyl (C=O) groups is 1. The molecule has 0 radical (unpaired) electrons. The molecule has 1 saturated heterocycles. The van der Waals surface area contributed by atoms with Crippen molar-refractivity contribution in [3.63, 3.8) is 0 Å². The Morgan fingerprint density at radius 1 is 1.56 bits per heavy atom. The highest BCUT2D eigenvalue weighted by molar-refractivity contribution is 6.33. The molecular weight excluding hydrogens is 228 g/mol. The molecule has 5 heteroatoms. The van der Waals surface area contributed by atoms with E-state index in [2.05, 4.69) is 4.98 Å². The van der Waals surface area contributed by atoms with Crippen LogP contribution in [0.2, 0.25) is 5.02 Å². The van der Waals surface area contributed by atoms with Crippen molar-refractivity contribution in [1.29, 1.82) is 0 Å². The maximum atomic E-state index is 12.0. The monoisotopic (exact) mass is 240 g/mol. The Morgan fingerprint density at radius 3 is 3.00 bits per heavy atom. The quantitative estimate of drug-likeness (QED) is 0.756. The SMILES string of the molecule is Cc1cc(Cl)c(C(=O)N2CCCCO2)cn1. The van der Waals surface area contributed by atoms with Crippen LogP contribution in [0.5, 0.6) is 0 Å². The minimum Gasteiger partial charge on any atom is -0.271 e. The van der Waals surface area contributed by atoms with Crippen molar-refractivity contribution >= 4 is 17.5 Å². The highest BCUT2D eigenvalue weighted by atomic mass is 35.5. The molecule has 0 aromatic carbocycles. The first-order valence-corrected chi connectivity index (χ1v) is 5.63. The lowest BCUT2D eigenvalue weighted by molar-refractivity contribution is -0.144. The second-order valence-corrected chi connectivity index (χ2v) is 4.16. The van der Waals surface area contributed by atoms with Gasteiger partial charge in [0.15, 0.2) is 0 Å². The highest BCUT2D eigenvalue weighted by Crippen LogP contribution is 2.19. The van der Waals surface area contributed by atoms with E-state index in [9.17, 15) is 4.79 Å². The lowest BCUT2D eigenvalue weighted by atomic mass is 10.2. The Balaban J connectivity index is 2.19. The van der Waals surface area contributed by atoms with Gasteiger partial charge in [-0.15, -0.1) is 0 Å². The van der Waals surface area contributed by atoms with Gasteiger partial charge in [-0.05, 0) is 25.8 Å². The molecule has 86 valence electrons. The molecule has 0 saturated carbocycles. The number of hydroxylamine groups is 2. The molecule has 0 bridgehead atoms. The number of halogens is 1. The van der Waals surface area contributed by atoms with Crippen LogP contribution in [-0.4, -0.2) is 29.1 Å². The van der Waals surface area contributed by atoms with Crippen molar-refractivity contribution in [3.05, 3.63) is 28.5 Å². The number of amides is 1. The summed E-state index contributed by atoms with van der Waals surface area (Å²) in [5.74, 6) is -0.211. The van der Waals surface area contributed by atoms with Crippen LogP contribution in [0.4, 0.5) is 0 Å². The van der Waals surface area contributed by atoms with Crippen molar-refractivity contribution in [2.45, 2.75) is 19.8 Å². The molecular formula is C11H13ClN2O2. The molecule has 0 spiro atoms. The number of rotatable bonds is 1. The number of nitrogens with zero attached hydrogens (tertiary/aromatic N) is 2. The van der Waals surface area contributed by atoms with Crippen LogP contribution in [0.3, 0.4) is 0 Å². The summed E-state index contributed by atoms with van der Waals surface area (Å²) < 4.78 is 0. The van der Waals surface area contributed by atoms with Crippen LogP contribution < -0.4 is 0 Å². The van der Waals surface area contributed by atoms with Gasteiger partial charge < -0.3 is 0 Å². The fourth-order valence-electron chi connectivity index (χ4n) is 1.58. The van der Waals surface area contributed by atoms with E-state index in [1.165, 1.54) is 11.3 Å². The first kappa shape index (κ1) is 11.4. The average molecular weight is 241 g/mol. The highest BCUT2D eigenvalue weighted by Gasteiger charge is 2.21. The summed E-state index contributed by atoms with van der Waals surface area (Å²) in [7, 11) is 0. The summed E-state index contributed by atoms with van der Waals surface area (Å²) in [6.07, 6.45) is 3.45.